The molecule has 3 aromatic carbocycles. The Morgan fingerprint density at radius 3 is 1.62 bits per heavy atom. The van der Waals surface area contributed by atoms with E-state index >= 15 is 0 Å². The summed E-state index contributed by atoms with van der Waals surface area (Å²) in [4.78, 5) is 0. The minimum absolute atomic E-state index is 0.0954. The minimum atomic E-state index is -2.63. The fourth-order valence-corrected chi connectivity index (χ4v) is 8.07. The van der Waals surface area contributed by atoms with Gasteiger partial charge in [-0.2, -0.15) is 0 Å². The Kier molecular flexibility index (Phi) is 5.47. The molecular weight excluding hydrogens is 379 g/mol. The summed E-state index contributed by atoms with van der Waals surface area (Å²) in [5.41, 5.74) is 0. The second-order valence-corrected chi connectivity index (χ2v) is 12.4. The first kappa shape index (κ1) is 19.0. The van der Waals surface area contributed by atoms with Crippen LogP contribution in [0.1, 0.15) is 20.8 Å². The van der Waals surface area contributed by atoms with Crippen molar-refractivity contribution in [2.75, 3.05) is 0 Å². The van der Waals surface area contributed by atoms with Crippen LogP contribution in [0.25, 0.3) is 0 Å². The highest BCUT2D eigenvalue weighted by molar-refractivity contribution is 7.00. The van der Waals surface area contributed by atoms with Crippen LogP contribution in [0.2, 0.25) is 15.1 Å². The molecule has 0 saturated carbocycles. The van der Waals surface area contributed by atoms with E-state index in [1.807, 2.05) is 24.3 Å². The molecule has 0 aliphatic heterocycles. The van der Waals surface area contributed by atoms with Gasteiger partial charge in [0.25, 0.3) is 0 Å². The third-order valence-electron chi connectivity index (χ3n) is 4.58. The first-order chi connectivity index (χ1) is 12.3. The van der Waals surface area contributed by atoms with Gasteiger partial charge in [-0.05, 0) is 33.6 Å². The van der Waals surface area contributed by atoms with Gasteiger partial charge in [0.05, 0.1) is 10.0 Å². The third-order valence-corrected chi connectivity index (χ3v) is 10.3. The molecule has 1 nitrogen and oxygen atoms in total. The largest absolute Gasteiger partial charge is 0.534 e. The zero-order chi connectivity index (χ0) is 18.8. The van der Waals surface area contributed by atoms with E-state index < -0.39 is 8.32 Å². The van der Waals surface area contributed by atoms with Crippen molar-refractivity contribution < 1.29 is 4.43 Å². The van der Waals surface area contributed by atoms with Crippen LogP contribution < -0.4 is 14.8 Å². The van der Waals surface area contributed by atoms with E-state index in [4.69, 9.17) is 27.6 Å². The van der Waals surface area contributed by atoms with Crippen LogP contribution in [0.15, 0.2) is 78.9 Å². The maximum Gasteiger partial charge on any atom is 0.319 e. The van der Waals surface area contributed by atoms with E-state index in [0.29, 0.717) is 10.0 Å². The highest BCUT2D eigenvalue weighted by atomic mass is 35.5. The molecule has 0 fully saturated rings. The first-order valence-corrected chi connectivity index (χ1v) is 11.3. The quantitative estimate of drug-likeness (QED) is 0.492. The monoisotopic (exact) mass is 400 g/mol. The zero-order valence-corrected chi connectivity index (χ0v) is 17.7. The summed E-state index contributed by atoms with van der Waals surface area (Å²) in [6, 6.07) is 26.5. The maximum atomic E-state index is 6.87. The van der Waals surface area contributed by atoms with Gasteiger partial charge < -0.3 is 4.43 Å². The highest BCUT2D eigenvalue weighted by Crippen LogP contribution is 2.38. The molecule has 134 valence electrons. The van der Waals surface area contributed by atoms with Crippen LogP contribution in [0.5, 0.6) is 5.75 Å². The van der Waals surface area contributed by atoms with Crippen molar-refractivity contribution in [2.45, 2.75) is 25.8 Å². The molecule has 0 bridgehead atoms. The molecule has 26 heavy (non-hydrogen) atoms. The SMILES string of the molecule is CC(C)(C)[Si](Oc1ccc(Cl)c(Cl)c1)(c1ccccc1)c1ccccc1. The number of hydrogen-bond acceptors (Lipinski definition) is 1. The second kappa shape index (κ2) is 7.48. The normalized spacial score (nSPS) is 12.0. The van der Waals surface area contributed by atoms with E-state index in [0.717, 1.165) is 5.75 Å². The molecule has 4 heteroatoms. The van der Waals surface area contributed by atoms with Crippen molar-refractivity contribution in [3.63, 3.8) is 0 Å². The standard InChI is InChI=1S/C22H22Cl2OSi/c1-22(2,3)26(18-10-6-4-7-11-18,19-12-8-5-9-13-19)25-17-14-15-20(23)21(24)16-17/h4-16H,1-3H3. The van der Waals surface area contributed by atoms with Crippen molar-refractivity contribution in [1.29, 1.82) is 0 Å². The molecule has 3 aromatic rings. The lowest BCUT2D eigenvalue weighted by Crippen LogP contribution is -2.68. The lowest BCUT2D eigenvalue weighted by molar-refractivity contribution is 0.508. The van der Waals surface area contributed by atoms with Gasteiger partial charge >= 0.3 is 8.32 Å². The van der Waals surface area contributed by atoms with E-state index in [1.165, 1.54) is 10.4 Å². The molecule has 0 aliphatic carbocycles. The van der Waals surface area contributed by atoms with Crippen molar-refractivity contribution in [2.24, 2.45) is 0 Å². The van der Waals surface area contributed by atoms with Gasteiger partial charge in [0.2, 0.25) is 0 Å². The lowest BCUT2D eigenvalue weighted by Gasteiger charge is -2.43. The molecule has 0 atom stereocenters. The Labute approximate surface area is 166 Å². The van der Waals surface area contributed by atoms with Crippen LogP contribution >= 0.6 is 23.2 Å². The average molecular weight is 401 g/mol. The molecule has 3 rings (SSSR count). The second-order valence-electron chi connectivity index (χ2n) is 7.34. The fraction of sp³-hybridized carbons (Fsp3) is 0.182. The minimum Gasteiger partial charge on any atom is -0.534 e. The van der Waals surface area contributed by atoms with E-state index in [2.05, 4.69) is 69.3 Å². The van der Waals surface area contributed by atoms with Crippen LogP contribution in [0.4, 0.5) is 0 Å². The highest BCUT2D eigenvalue weighted by Gasteiger charge is 2.52. The molecule has 0 aromatic heterocycles. The Morgan fingerprint density at radius 2 is 1.19 bits per heavy atom. The molecule has 0 unspecified atom stereocenters. The molecule has 0 heterocycles. The maximum absolute atomic E-state index is 6.87. The van der Waals surface area contributed by atoms with Gasteiger partial charge in [-0.1, -0.05) is 105 Å². The molecule has 0 spiro atoms. The van der Waals surface area contributed by atoms with Crippen LogP contribution in [-0.4, -0.2) is 8.32 Å². The third kappa shape index (κ3) is 3.55. The Morgan fingerprint density at radius 1 is 0.692 bits per heavy atom. The molecular formula is C22H22Cl2OSi. The van der Waals surface area contributed by atoms with Crippen molar-refractivity contribution in [3.05, 3.63) is 88.9 Å². The molecule has 0 radical (unpaired) electrons. The number of hydrogen-bond donors (Lipinski definition) is 0. The van der Waals surface area contributed by atoms with Gasteiger partial charge in [0.15, 0.2) is 0 Å². The summed E-state index contributed by atoms with van der Waals surface area (Å²) in [5.74, 6) is 0.744. The molecule has 0 saturated heterocycles. The Bertz CT molecular complexity index is 834. The van der Waals surface area contributed by atoms with E-state index in [9.17, 15) is 0 Å². The average Bonchev–Trinajstić information content (AvgIpc) is 2.63. The zero-order valence-electron chi connectivity index (χ0n) is 15.2. The van der Waals surface area contributed by atoms with Crippen LogP contribution in [-0.2, 0) is 0 Å². The van der Waals surface area contributed by atoms with Gasteiger partial charge in [-0.3, -0.25) is 0 Å². The summed E-state index contributed by atoms with van der Waals surface area (Å²) in [7, 11) is -2.63. The summed E-state index contributed by atoms with van der Waals surface area (Å²) in [6.07, 6.45) is 0. The van der Waals surface area contributed by atoms with Gasteiger partial charge in [-0.25, -0.2) is 0 Å². The van der Waals surface area contributed by atoms with Gasteiger partial charge in [-0.15, -0.1) is 0 Å². The first-order valence-electron chi connectivity index (χ1n) is 8.60. The van der Waals surface area contributed by atoms with Crippen LogP contribution in [0, 0.1) is 0 Å². The van der Waals surface area contributed by atoms with E-state index in [1.54, 1.807) is 6.07 Å². The summed E-state index contributed by atoms with van der Waals surface area (Å²) < 4.78 is 6.87. The van der Waals surface area contributed by atoms with Gasteiger partial charge in [0, 0.05) is 0 Å². The van der Waals surface area contributed by atoms with Gasteiger partial charge in [0.1, 0.15) is 5.75 Å². The number of benzene rings is 3. The van der Waals surface area contributed by atoms with Crippen molar-refractivity contribution >= 4 is 41.9 Å². The van der Waals surface area contributed by atoms with Crippen LogP contribution in [0.3, 0.4) is 0 Å². The smallest absolute Gasteiger partial charge is 0.319 e. The molecule has 0 amide bonds. The number of halogens is 2. The summed E-state index contributed by atoms with van der Waals surface area (Å²) >= 11 is 12.4. The summed E-state index contributed by atoms with van der Waals surface area (Å²) in [5, 5.41) is 3.39. The number of rotatable bonds is 4. The van der Waals surface area contributed by atoms with Crippen molar-refractivity contribution in [1.82, 2.24) is 0 Å². The predicted molar refractivity (Wildman–Crippen MR) is 115 cm³/mol. The fourth-order valence-electron chi connectivity index (χ4n) is 3.37. The van der Waals surface area contributed by atoms with E-state index in [-0.39, 0.29) is 5.04 Å². The Hall–Kier alpha value is -1.74. The summed E-state index contributed by atoms with van der Waals surface area (Å²) in [6.45, 7) is 6.74. The Balaban J connectivity index is 2.25. The predicted octanol–water partition coefficient (Wildman–Crippen LogP) is 5.93. The van der Waals surface area contributed by atoms with Crippen molar-refractivity contribution in [3.8, 4) is 5.75 Å². The molecule has 0 N–H and O–H groups in total. The topological polar surface area (TPSA) is 9.23 Å². The molecule has 0 aliphatic rings. The lowest BCUT2D eigenvalue weighted by atomic mass is 10.2.